The zero-order valence-corrected chi connectivity index (χ0v) is 9.69. The number of rotatable bonds is 6. The van der Waals surface area contributed by atoms with E-state index < -0.39 is 0 Å². The van der Waals surface area contributed by atoms with Crippen molar-refractivity contribution in [3.63, 3.8) is 0 Å². The summed E-state index contributed by atoms with van der Waals surface area (Å²) >= 11 is 0. The third kappa shape index (κ3) is 4.58. The molecule has 0 aliphatic rings. The highest BCUT2D eigenvalue weighted by Gasteiger charge is 2.00. The molecule has 0 atom stereocenters. The minimum Gasteiger partial charge on any atom is -0.409 e. The van der Waals surface area contributed by atoms with Crippen molar-refractivity contribution in [3.05, 3.63) is 35.4 Å². The lowest BCUT2D eigenvalue weighted by Gasteiger charge is -2.05. The summed E-state index contributed by atoms with van der Waals surface area (Å²) in [7, 11) is 0. The molecule has 0 aromatic heterocycles. The fourth-order valence-electron chi connectivity index (χ4n) is 1.45. The van der Waals surface area contributed by atoms with E-state index in [0.29, 0.717) is 0 Å². The van der Waals surface area contributed by atoms with Crippen LogP contribution in [0.4, 0.5) is 0 Å². The molecule has 1 aromatic carbocycles. The van der Waals surface area contributed by atoms with Crippen molar-refractivity contribution >= 4 is 5.84 Å². The maximum absolute atomic E-state index is 8.58. The molecule has 1 rings (SSSR count). The minimum atomic E-state index is 0.124. The fourth-order valence-corrected chi connectivity index (χ4v) is 1.45. The third-order valence-electron chi connectivity index (χ3n) is 2.33. The molecule has 0 spiro atoms. The van der Waals surface area contributed by atoms with Gasteiger partial charge in [-0.3, -0.25) is 0 Å². The SMILES string of the molecule is C#CCCCNCc1cccc(/C(N)=N\O)c1. The van der Waals surface area contributed by atoms with Gasteiger partial charge in [0.1, 0.15) is 0 Å². The second-order valence-corrected chi connectivity index (χ2v) is 3.67. The summed E-state index contributed by atoms with van der Waals surface area (Å²) in [5.74, 6) is 2.72. The molecule has 1 aromatic rings. The topological polar surface area (TPSA) is 70.6 Å². The van der Waals surface area contributed by atoms with E-state index in [1.165, 1.54) is 0 Å². The third-order valence-corrected chi connectivity index (χ3v) is 2.33. The van der Waals surface area contributed by atoms with E-state index in [1.54, 1.807) is 6.07 Å². The summed E-state index contributed by atoms with van der Waals surface area (Å²) in [5.41, 5.74) is 7.33. The number of hydrogen-bond donors (Lipinski definition) is 3. The predicted octanol–water partition coefficient (Wildman–Crippen LogP) is 1.28. The van der Waals surface area contributed by atoms with Crippen molar-refractivity contribution in [1.82, 2.24) is 5.32 Å². The van der Waals surface area contributed by atoms with Crippen molar-refractivity contribution in [2.75, 3.05) is 6.54 Å². The first-order chi connectivity index (χ1) is 8.27. The molecule has 0 fully saturated rings. The molecule has 90 valence electrons. The quantitative estimate of drug-likeness (QED) is 0.172. The summed E-state index contributed by atoms with van der Waals surface area (Å²) in [6, 6.07) is 7.56. The predicted molar refractivity (Wildman–Crippen MR) is 68.7 cm³/mol. The summed E-state index contributed by atoms with van der Waals surface area (Å²) < 4.78 is 0. The van der Waals surface area contributed by atoms with Crippen molar-refractivity contribution in [2.45, 2.75) is 19.4 Å². The van der Waals surface area contributed by atoms with Gasteiger partial charge in [-0.15, -0.1) is 12.3 Å². The molecular weight excluding hydrogens is 214 g/mol. The van der Waals surface area contributed by atoms with E-state index in [1.807, 2.05) is 18.2 Å². The maximum Gasteiger partial charge on any atom is 0.170 e. The first-order valence-corrected chi connectivity index (χ1v) is 5.49. The number of hydrogen-bond acceptors (Lipinski definition) is 3. The van der Waals surface area contributed by atoms with Gasteiger partial charge in [0.25, 0.3) is 0 Å². The lowest BCUT2D eigenvalue weighted by molar-refractivity contribution is 0.318. The summed E-state index contributed by atoms with van der Waals surface area (Å²) in [6.45, 7) is 1.63. The van der Waals surface area contributed by atoms with Crippen LogP contribution in [0.25, 0.3) is 0 Å². The van der Waals surface area contributed by atoms with Crippen LogP contribution >= 0.6 is 0 Å². The Labute approximate surface area is 102 Å². The number of terminal acetylenes is 1. The summed E-state index contributed by atoms with van der Waals surface area (Å²) in [4.78, 5) is 0. The van der Waals surface area contributed by atoms with Crippen LogP contribution in [-0.4, -0.2) is 17.6 Å². The van der Waals surface area contributed by atoms with Crippen LogP contribution in [0.15, 0.2) is 29.4 Å². The molecule has 0 aliphatic heterocycles. The van der Waals surface area contributed by atoms with Crippen LogP contribution in [-0.2, 0) is 6.54 Å². The number of amidine groups is 1. The standard InChI is InChI=1S/C13H17N3O/c1-2-3-4-8-15-10-11-6-5-7-12(9-11)13(14)16-17/h1,5-7,9,15,17H,3-4,8,10H2,(H2,14,16). The minimum absolute atomic E-state index is 0.124. The first-order valence-electron chi connectivity index (χ1n) is 5.49. The van der Waals surface area contributed by atoms with Crippen molar-refractivity contribution < 1.29 is 5.21 Å². The zero-order chi connectivity index (χ0) is 12.5. The molecule has 0 bridgehead atoms. The van der Waals surface area contributed by atoms with Gasteiger partial charge in [-0.05, 0) is 24.6 Å². The molecule has 4 heteroatoms. The number of unbranched alkanes of at least 4 members (excludes halogenated alkanes) is 1. The Kier molecular flexibility index (Phi) is 5.62. The van der Waals surface area contributed by atoms with E-state index >= 15 is 0 Å². The van der Waals surface area contributed by atoms with Crippen LogP contribution in [0.5, 0.6) is 0 Å². The van der Waals surface area contributed by atoms with E-state index in [2.05, 4.69) is 16.4 Å². The second-order valence-electron chi connectivity index (χ2n) is 3.67. The van der Waals surface area contributed by atoms with Gasteiger partial charge < -0.3 is 16.3 Å². The Morgan fingerprint density at radius 2 is 2.35 bits per heavy atom. The van der Waals surface area contributed by atoms with Crippen LogP contribution in [0, 0.1) is 12.3 Å². The highest BCUT2D eigenvalue weighted by atomic mass is 16.4. The molecule has 0 saturated heterocycles. The average Bonchev–Trinajstić information content (AvgIpc) is 2.38. The fraction of sp³-hybridized carbons (Fsp3) is 0.308. The van der Waals surface area contributed by atoms with Gasteiger partial charge >= 0.3 is 0 Å². The van der Waals surface area contributed by atoms with E-state index in [4.69, 9.17) is 17.4 Å². The van der Waals surface area contributed by atoms with Gasteiger partial charge in [0.15, 0.2) is 5.84 Å². The summed E-state index contributed by atoms with van der Waals surface area (Å²) in [5, 5.41) is 14.8. The van der Waals surface area contributed by atoms with Gasteiger partial charge in [0, 0.05) is 18.5 Å². The van der Waals surface area contributed by atoms with Crippen LogP contribution in [0.2, 0.25) is 0 Å². The van der Waals surface area contributed by atoms with Crippen molar-refractivity contribution in [3.8, 4) is 12.3 Å². The van der Waals surface area contributed by atoms with Crippen molar-refractivity contribution in [1.29, 1.82) is 0 Å². The van der Waals surface area contributed by atoms with E-state index in [9.17, 15) is 0 Å². The van der Waals surface area contributed by atoms with Gasteiger partial charge in [-0.25, -0.2) is 0 Å². The van der Waals surface area contributed by atoms with Gasteiger partial charge in [-0.1, -0.05) is 23.4 Å². The molecule has 0 amide bonds. The molecule has 0 unspecified atom stereocenters. The Morgan fingerprint density at radius 1 is 1.53 bits per heavy atom. The van der Waals surface area contributed by atoms with Crippen LogP contribution < -0.4 is 11.1 Å². The first kappa shape index (κ1) is 13.1. The zero-order valence-electron chi connectivity index (χ0n) is 9.69. The van der Waals surface area contributed by atoms with E-state index in [0.717, 1.165) is 37.1 Å². The number of benzene rings is 1. The Bertz CT molecular complexity index is 421. The van der Waals surface area contributed by atoms with Gasteiger partial charge in [0.2, 0.25) is 0 Å². The molecule has 4 N–H and O–H groups in total. The number of nitrogens with one attached hydrogen (secondary N) is 1. The summed E-state index contributed by atoms with van der Waals surface area (Å²) in [6.07, 6.45) is 6.92. The Hall–Kier alpha value is -1.99. The van der Waals surface area contributed by atoms with Crippen LogP contribution in [0.3, 0.4) is 0 Å². The normalized spacial score (nSPS) is 11.1. The lowest BCUT2D eigenvalue weighted by atomic mass is 10.1. The molecule has 0 heterocycles. The Balaban J connectivity index is 2.47. The average molecular weight is 231 g/mol. The molecule has 0 radical (unpaired) electrons. The number of nitrogens with zero attached hydrogens (tertiary/aromatic N) is 1. The highest BCUT2D eigenvalue weighted by molar-refractivity contribution is 5.97. The molecule has 0 aliphatic carbocycles. The number of oxime groups is 1. The van der Waals surface area contributed by atoms with Gasteiger partial charge in [-0.2, -0.15) is 0 Å². The lowest BCUT2D eigenvalue weighted by Crippen LogP contribution is -2.16. The molecule has 4 nitrogen and oxygen atoms in total. The number of nitrogens with two attached hydrogens (primary N) is 1. The molecule has 17 heavy (non-hydrogen) atoms. The smallest absolute Gasteiger partial charge is 0.170 e. The van der Waals surface area contributed by atoms with E-state index in [-0.39, 0.29) is 5.84 Å². The van der Waals surface area contributed by atoms with Crippen LogP contribution in [0.1, 0.15) is 24.0 Å². The second kappa shape index (κ2) is 7.31. The van der Waals surface area contributed by atoms with Crippen molar-refractivity contribution in [2.24, 2.45) is 10.9 Å². The van der Waals surface area contributed by atoms with Gasteiger partial charge in [0.05, 0.1) is 0 Å². The maximum atomic E-state index is 8.58. The Morgan fingerprint density at radius 3 is 3.06 bits per heavy atom. The highest BCUT2D eigenvalue weighted by Crippen LogP contribution is 2.04. The molecular formula is C13H17N3O. The largest absolute Gasteiger partial charge is 0.409 e. The molecule has 0 saturated carbocycles. The monoisotopic (exact) mass is 231 g/mol.